The monoisotopic (exact) mass is 341 g/mol. The Labute approximate surface area is 141 Å². The topological polar surface area (TPSA) is 94.5 Å². The number of rotatable bonds is 3. The summed E-state index contributed by atoms with van der Waals surface area (Å²) in [4.78, 5) is 26.7. The molecule has 2 aromatic carbocycles. The van der Waals surface area contributed by atoms with Gasteiger partial charge >= 0.3 is 0 Å². The van der Waals surface area contributed by atoms with Crippen LogP contribution in [0.1, 0.15) is 15.9 Å². The quantitative estimate of drug-likeness (QED) is 0.505. The lowest BCUT2D eigenvalue weighted by Crippen LogP contribution is -2.26. The van der Waals surface area contributed by atoms with Crippen molar-refractivity contribution in [2.45, 2.75) is 0 Å². The molecule has 24 heavy (non-hydrogen) atoms. The maximum Gasteiger partial charge on any atom is 0.280 e. The van der Waals surface area contributed by atoms with Crippen molar-refractivity contribution in [2.75, 3.05) is 0 Å². The molecule has 3 rings (SSSR count). The van der Waals surface area contributed by atoms with Crippen LogP contribution in [0.4, 0.5) is 0 Å². The van der Waals surface area contributed by atoms with Gasteiger partial charge in [-0.15, -0.1) is 0 Å². The second kappa shape index (κ2) is 6.55. The zero-order valence-corrected chi connectivity index (χ0v) is 13.0. The molecule has 0 aliphatic rings. The summed E-state index contributed by atoms with van der Waals surface area (Å²) in [7, 11) is 0. The van der Waals surface area contributed by atoms with Crippen molar-refractivity contribution < 1.29 is 9.90 Å². The maximum atomic E-state index is 12.2. The van der Waals surface area contributed by atoms with Gasteiger partial charge in [-0.3, -0.25) is 9.59 Å². The van der Waals surface area contributed by atoms with Gasteiger partial charge in [0.2, 0.25) is 0 Å². The molecule has 0 bridgehead atoms. The first-order valence-electron chi connectivity index (χ1n) is 6.99. The Bertz CT molecular complexity index is 1010. The van der Waals surface area contributed by atoms with E-state index in [1.165, 1.54) is 6.21 Å². The number of halogens is 1. The molecule has 0 fully saturated rings. The van der Waals surface area contributed by atoms with E-state index in [4.69, 9.17) is 11.6 Å². The molecule has 0 saturated carbocycles. The fraction of sp³-hybridized carbons (Fsp3) is 0. The van der Waals surface area contributed by atoms with Crippen LogP contribution in [-0.4, -0.2) is 22.2 Å². The molecule has 0 aliphatic heterocycles. The van der Waals surface area contributed by atoms with Crippen LogP contribution < -0.4 is 11.0 Å². The lowest BCUT2D eigenvalue weighted by Gasteiger charge is -2.05. The van der Waals surface area contributed by atoms with Crippen molar-refractivity contribution in [1.82, 2.24) is 10.4 Å². The highest BCUT2D eigenvalue weighted by Crippen LogP contribution is 2.24. The van der Waals surface area contributed by atoms with Gasteiger partial charge in [-0.25, -0.2) is 5.43 Å². The summed E-state index contributed by atoms with van der Waals surface area (Å²) in [6, 6.07) is 13.5. The molecule has 0 saturated heterocycles. The Morgan fingerprint density at radius 3 is 2.79 bits per heavy atom. The van der Waals surface area contributed by atoms with Gasteiger partial charge in [0.15, 0.2) is 0 Å². The van der Waals surface area contributed by atoms with Crippen molar-refractivity contribution in [3.63, 3.8) is 0 Å². The third-order valence-corrected chi connectivity index (χ3v) is 3.58. The Kier molecular flexibility index (Phi) is 4.31. The van der Waals surface area contributed by atoms with Crippen molar-refractivity contribution in [3.05, 3.63) is 75.0 Å². The fourth-order valence-corrected chi connectivity index (χ4v) is 2.44. The second-order valence-corrected chi connectivity index (χ2v) is 5.41. The highest BCUT2D eigenvalue weighted by molar-refractivity contribution is 6.30. The van der Waals surface area contributed by atoms with Gasteiger partial charge in [-0.2, -0.15) is 5.10 Å². The molecule has 3 N–H and O–H groups in total. The van der Waals surface area contributed by atoms with Crippen molar-refractivity contribution in [3.8, 4) is 5.75 Å². The third kappa shape index (κ3) is 3.13. The van der Waals surface area contributed by atoms with E-state index in [-0.39, 0.29) is 5.75 Å². The van der Waals surface area contributed by atoms with Gasteiger partial charge in [-0.1, -0.05) is 35.9 Å². The van der Waals surface area contributed by atoms with Crippen LogP contribution in [0.25, 0.3) is 10.9 Å². The van der Waals surface area contributed by atoms with E-state index in [9.17, 15) is 14.7 Å². The number of carbonyl (C=O) groups excluding carboxylic acids is 1. The molecule has 0 spiro atoms. The normalized spacial score (nSPS) is 11.0. The number of aromatic amines is 1. The van der Waals surface area contributed by atoms with Gasteiger partial charge < -0.3 is 10.1 Å². The molecular formula is C17H12ClN3O3. The lowest BCUT2D eigenvalue weighted by atomic mass is 10.1. The first-order valence-corrected chi connectivity index (χ1v) is 7.37. The Morgan fingerprint density at radius 2 is 2.00 bits per heavy atom. The van der Waals surface area contributed by atoms with Gasteiger partial charge in [0.25, 0.3) is 11.5 Å². The number of nitrogens with zero attached hydrogens (tertiary/aromatic N) is 1. The number of carbonyl (C=O) groups is 1. The smallest absolute Gasteiger partial charge is 0.280 e. The number of hydrogen-bond donors (Lipinski definition) is 3. The average molecular weight is 342 g/mol. The van der Waals surface area contributed by atoms with Crippen LogP contribution in [0.3, 0.4) is 0 Å². The molecule has 3 aromatic rings. The number of fused-ring (bicyclic) bond motifs is 1. The van der Waals surface area contributed by atoms with E-state index in [2.05, 4.69) is 15.5 Å². The molecule has 7 heteroatoms. The first kappa shape index (κ1) is 15.8. The van der Waals surface area contributed by atoms with Crippen molar-refractivity contribution in [2.24, 2.45) is 5.10 Å². The highest BCUT2D eigenvalue weighted by atomic mass is 35.5. The number of hydrazone groups is 1. The van der Waals surface area contributed by atoms with E-state index < -0.39 is 17.0 Å². The van der Waals surface area contributed by atoms with E-state index in [0.29, 0.717) is 21.5 Å². The van der Waals surface area contributed by atoms with Crippen LogP contribution in [-0.2, 0) is 0 Å². The average Bonchev–Trinajstić information content (AvgIpc) is 2.55. The summed E-state index contributed by atoms with van der Waals surface area (Å²) in [6.07, 6.45) is 1.38. The second-order valence-electron chi connectivity index (χ2n) is 4.98. The van der Waals surface area contributed by atoms with Crippen molar-refractivity contribution >= 4 is 34.6 Å². The summed E-state index contributed by atoms with van der Waals surface area (Å²) in [5, 5.41) is 14.9. The van der Waals surface area contributed by atoms with Gasteiger partial charge in [-0.05, 0) is 29.8 Å². The van der Waals surface area contributed by atoms with E-state index >= 15 is 0 Å². The maximum absolute atomic E-state index is 12.2. The number of hydrogen-bond acceptors (Lipinski definition) is 4. The molecule has 1 amide bonds. The van der Waals surface area contributed by atoms with Gasteiger partial charge in [0.1, 0.15) is 11.3 Å². The molecule has 1 aromatic heterocycles. The van der Waals surface area contributed by atoms with E-state index in [1.807, 2.05) is 0 Å². The SMILES string of the molecule is O=C(N/N=C/c1cccc(Cl)c1)c1c(O)c2ccccc2[nH]c1=O. The summed E-state index contributed by atoms with van der Waals surface area (Å²) >= 11 is 5.85. The lowest BCUT2D eigenvalue weighted by molar-refractivity contribution is 0.0951. The molecule has 6 nitrogen and oxygen atoms in total. The molecule has 0 atom stereocenters. The number of amides is 1. The predicted octanol–water partition coefficient (Wildman–Crippen LogP) is 2.65. The minimum atomic E-state index is -0.808. The zero-order chi connectivity index (χ0) is 17.1. The van der Waals surface area contributed by atoms with Crippen LogP contribution >= 0.6 is 11.6 Å². The molecular weight excluding hydrogens is 330 g/mol. The predicted molar refractivity (Wildman–Crippen MR) is 92.7 cm³/mol. The number of aromatic hydroxyl groups is 1. The van der Waals surface area contributed by atoms with E-state index in [1.54, 1.807) is 48.5 Å². The standard InChI is InChI=1S/C17H12ClN3O3/c18-11-5-3-4-10(8-11)9-19-21-17(24)14-15(22)12-6-1-2-7-13(12)20-16(14)23/h1-9H,(H,21,24)(H2,20,22,23)/b19-9+. The number of H-pyrrole nitrogens is 1. The highest BCUT2D eigenvalue weighted by Gasteiger charge is 2.18. The summed E-state index contributed by atoms with van der Waals surface area (Å²) in [5.74, 6) is -1.19. The number of pyridine rings is 1. The molecule has 0 aliphatic carbocycles. The van der Waals surface area contributed by atoms with E-state index in [0.717, 1.165) is 0 Å². The summed E-state index contributed by atoms with van der Waals surface area (Å²) < 4.78 is 0. The Balaban J connectivity index is 1.88. The Morgan fingerprint density at radius 1 is 1.21 bits per heavy atom. The number of para-hydroxylation sites is 1. The van der Waals surface area contributed by atoms with Gasteiger partial charge in [0.05, 0.1) is 11.7 Å². The van der Waals surface area contributed by atoms with Crippen molar-refractivity contribution in [1.29, 1.82) is 0 Å². The zero-order valence-electron chi connectivity index (χ0n) is 12.3. The molecule has 0 unspecified atom stereocenters. The molecule has 0 radical (unpaired) electrons. The summed E-state index contributed by atoms with van der Waals surface area (Å²) in [6.45, 7) is 0. The minimum absolute atomic E-state index is 0.376. The van der Waals surface area contributed by atoms with Crippen LogP contribution in [0.2, 0.25) is 5.02 Å². The van der Waals surface area contributed by atoms with Gasteiger partial charge in [0, 0.05) is 10.4 Å². The molecule has 120 valence electrons. The van der Waals surface area contributed by atoms with Crippen LogP contribution in [0.15, 0.2) is 58.4 Å². The number of aromatic nitrogens is 1. The van der Waals surface area contributed by atoms with Crippen LogP contribution in [0, 0.1) is 0 Å². The third-order valence-electron chi connectivity index (χ3n) is 3.35. The number of nitrogens with one attached hydrogen (secondary N) is 2. The Hall–Kier alpha value is -3.12. The van der Waals surface area contributed by atoms with Crippen LogP contribution in [0.5, 0.6) is 5.75 Å². The number of benzene rings is 2. The first-order chi connectivity index (χ1) is 11.6. The summed E-state index contributed by atoms with van der Waals surface area (Å²) in [5.41, 5.74) is 2.26. The molecule has 1 heterocycles. The minimum Gasteiger partial charge on any atom is -0.506 e. The fourth-order valence-electron chi connectivity index (χ4n) is 2.24. The largest absolute Gasteiger partial charge is 0.506 e.